The van der Waals surface area contributed by atoms with Crippen LogP contribution in [0.25, 0.3) is 0 Å². The van der Waals surface area contributed by atoms with E-state index >= 15 is 0 Å². The lowest BCUT2D eigenvalue weighted by atomic mass is 10.2. The molecule has 0 amide bonds. The van der Waals surface area contributed by atoms with E-state index in [4.69, 9.17) is 0 Å². The Kier molecular flexibility index (Phi) is 8.20. The van der Waals surface area contributed by atoms with Crippen molar-refractivity contribution in [3.63, 3.8) is 0 Å². The van der Waals surface area contributed by atoms with Crippen LogP contribution < -0.4 is 26.6 Å². The van der Waals surface area contributed by atoms with E-state index in [9.17, 15) is 20.2 Å². The number of fused-ring (bicyclic) bond motifs is 2. The summed E-state index contributed by atoms with van der Waals surface area (Å²) in [4.78, 5) is 23.2. The fourth-order valence-electron chi connectivity index (χ4n) is 5.11. The van der Waals surface area contributed by atoms with Gasteiger partial charge in [-0.2, -0.15) is 0 Å². The average Bonchev–Trinajstić information content (AvgIpc) is 3.09. The molecule has 0 bridgehead atoms. The van der Waals surface area contributed by atoms with Crippen LogP contribution in [0.4, 0.5) is 68.2 Å². The summed E-state index contributed by atoms with van der Waals surface area (Å²) in [5.74, 6) is 0. The number of benzene rings is 6. The minimum atomic E-state index is -0.414. The summed E-state index contributed by atoms with van der Waals surface area (Å²) in [6.07, 6.45) is 0. The molecular weight excluding hydrogens is 627 g/mol. The van der Waals surface area contributed by atoms with Gasteiger partial charge >= 0.3 is 0 Å². The highest BCUT2D eigenvalue weighted by Gasteiger charge is 2.17. The van der Waals surface area contributed by atoms with Crippen molar-refractivity contribution in [3.8, 4) is 0 Å². The van der Waals surface area contributed by atoms with E-state index in [0.29, 0.717) is 0 Å². The van der Waals surface area contributed by atoms with Crippen LogP contribution in [0, 0.1) is 20.2 Å². The van der Waals surface area contributed by atoms with Gasteiger partial charge in [0.25, 0.3) is 11.4 Å². The molecule has 0 aromatic heterocycles. The summed E-state index contributed by atoms with van der Waals surface area (Å²) < 4.78 is 0. The molecule has 0 saturated carbocycles. The molecule has 0 aliphatic carbocycles. The minimum Gasteiger partial charge on any atom is -0.356 e. The van der Waals surface area contributed by atoms with E-state index in [0.717, 1.165) is 66.7 Å². The second-order valence-corrected chi connectivity index (χ2v) is 12.0. The lowest BCUT2D eigenvalue weighted by Crippen LogP contribution is -2.01. The summed E-state index contributed by atoms with van der Waals surface area (Å²) in [5.41, 5.74) is 9.24. The Morgan fingerprint density at radius 3 is 1.00 bits per heavy atom. The highest BCUT2D eigenvalue weighted by atomic mass is 32.2. The van der Waals surface area contributed by atoms with Gasteiger partial charge in [0, 0.05) is 79.6 Å². The molecule has 1 aliphatic heterocycles. The van der Waals surface area contributed by atoms with Gasteiger partial charge in [0.2, 0.25) is 0 Å². The van der Waals surface area contributed by atoms with Gasteiger partial charge in [-0.25, -0.2) is 0 Å². The van der Waals surface area contributed by atoms with Crippen LogP contribution in [0.5, 0.6) is 0 Å². The minimum absolute atomic E-state index is 0.0546. The van der Waals surface area contributed by atoms with Crippen molar-refractivity contribution in [1.82, 2.24) is 0 Å². The first-order valence-electron chi connectivity index (χ1n) is 14.8. The molecule has 0 spiro atoms. The molecule has 0 saturated heterocycles. The zero-order valence-electron chi connectivity index (χ0n) is 25.1. The van der Waals surface area contributed by atoms with Crippen LogP contribution in [0.15, 0.2) is 143 Å². The van der Waals surface area contributed by atoms with Gasteiger partial charge in [0.15, 0.2) is 0 Å². The largest absolute Gasteiger partial charge is 0.356 e. The van der Waals surface area contributed by atoms with E-state index in [2.05, 4.69) is 50.8 Å². The Morgan fingerprint density at radius 2 is 0.688 bits per heavy atom. The molecule has 12 heteroatoms. The maximum atomic E-state index is 10.9. The number of nitro benzene ring substituents is 2. The van der Waals surface area contributed by atoms with Gasteiger partial charge < -0.3 is 26.6 Å². The summed E-state index contributed by atoms with van der Waals surface area (Å²) in [7, 11) is 0. The van der Waals surface area contributed by atoms with Gasteiger partial charge in [-0.1, -0.05) is 11.8 Å². The Labute approximate surface area is 279 Å². The number of nitrogens with one attached hydrogen (secondary N) is 5. The average molecular weight is 654 g/mol. The zero-order valence-corrected chi connectivity index (χ0v) is 26.0. The Balaban J connectivity index is 0.970. The molecule has 6 aromatic carbocycles. The standard InChI is InChI=1S/C36H27N7O4S/c44-42(45)31-15-9-27(10-16-31)37-23-1-5-25(6-2-23)39-29-13-19-33-35(21-29)48-36-22-30(14-20-34(36)41-33)40-26-7-3-24(4-8-26)38-28-11-17-32(18-12-28)43(46)47/h1-22,37-41H. The van der Waals surface area contributed by atoms with E-state index in [1.165, 1.54) is 24.3 Å². The van der Waals surface area contributed by atoms with Crippen LogP contribution in [-0.4, -0.2) is 9.85 Å². The van der Waals surface area contributed by atoms with Gasteiger partial charge in [0.05, 0.1) is 21.2 Å². The van der Waals surface area contributed by atoms with Gasteiger partial charge in [-0.15, -0.1) is 0 Å². The lowest BCUT2D eigenvalue weighted by Gasteiger charge is -2.22. The van der Waals surface area contributed by atoms with E-state index in [1.54, 1.807) is 36.0 Å². The van der Waals surface area contributed by atoms with Crippen molar-refractivity contribution in [1.29, 1.82) is 0 Å². The number of non-ortho nitro benzene ring substituents is 2. The fourth-order valence-corrected chi connectivity index (χ4v) is 6.18. The predicted octanol–water partition coefficient (Wildman–Crippen LogP) is 10.7. The molecule has 1 aliphatic rings. The molecular formula is C36H27N7O4S. The third kappa shape index (κ3) is 6.98. The first-order chi connectivity index (χ1) is 23.3. The highest BCUT2D eigenvalue weighted by Crippen LogP contribution is 2.46. The molecule has 0 atom stereocenters. The Hall–Kier alpha value is -6.53. The molecule has 0 unspecified atom stereocenters. The third-order valence-electron chi connectivity index (χ3n) is 7.53. The maximum absolute atomic E-state index is 10.9. The first-order valence-corrected chi connectivity index (χ1v) is 15.7. The second kappa shape index (κ2) is 13.1. The second-order valence-electron chi connectivity index (χ2n) is 10.9. The topological polar surface area (TPSA) is 146 Å². The molecule has 0 fully saturated rings. The van der Waals surface area contributed by atoms with Crippen molar-refractivity contribution in [2.24, 2.45) is 0 Å². The van der Waals surface area contributed by atoms with Crippen LogP contribution >= 0.6 is 11.8 Å². The summed E-state index contributed by atoms with van der Waals surface area (Å²) >= 11 is 1.70. The van der Waals surface area contributed by atoms with E-state index in [-0.39, 0.29) is 11.4 Å². The molecule has 6 aromatic rings. The van der Waals surface area contributed by atoms with Crippen LogP contribution in [-0.2, 0) is 0 Å². The first kappa shape index (κ1) is 30.1. The molecule has 48 heavy (non-hydrogen) atoms. The SMILES string of the molecule is O=[N+]([O-])c1ccc(Nc2ccc(Nc3ccc4c(c3)Sc3cc(Nc5ccc(Nc6ccc([N+](=O)[O-])cc6)cc5)ccc3N4)cc2)cc1. The number of hydrogen-bond acceptors (Lipinski definition) is 10. The Morgan fingerprint density at radius 1 is 0.417 bits per heavy atom. The van der Waals surface area contributed by atoms with Crippen molar-refractivity contribution in [2.75, 3.05) is 26.6 Å². The van der Waals surface area contributed by atoms with E-state index in [1.807, 2.05) is 60.7 Å². The quantitative estimate of drug-likeness (QED) is 0.0713. The van der Waals surface area contributed by atoms with Crippen molar-refractivity contribution < 1.29 is 9.85 Å². The Bertz CT molecular complexity index is 1970. The summed E-state index contributed by atoms with van der Waals surface area (Å²) in [6, 6.07) is 40.8. The van der Waals surface area contributed by atoms with Crippen molar-refractivity contribution in [2.45, 2.75) is 9.79 Å². The third-order valence-corrected chi connectivity index (χ3v) is 8.65. The summed E-state index contributed by atoms with van der Waals surface area (Å²) in [6.45, 7) is 0. The van der Waals surface area contributed by atoms with Crippen molar-refractivity contribution in [3.05, 3.63) is 154 Å². The zero-order chi connectivity index (χ0) is 33.0. The number of nitro groups is 2. The maximum Gasteiger partial charge on any atom is 0.269 e. The van der Waals surface area contributed by atoms with Gasteiger partial charge in [0.1, 0.15) is 0 Å². The molecule has 236 valence electrons. The molecule has 1 heterocycles. The number of rotatable bonds is 10. The number of anilines is 10. The smallest absolute Gasteiger partial charge is 0.269 e. The highest BCUT2D eigenvalue weighted by molar-refractivity contribution is 7.99. The molecule has 7 rings (SSSR count). The van der Waals surface area contributed by atoms with Crippen molar-refractivity contribution >= 4 is 80.0 Å². The summed E-state index contributed by atoms with van der Waals surface area (Å²) in [5, 5.41) is 38.8. The number of nitrogens with zero attached hydrogens (tertiary/aromatic N) is 2. The van der Waals surface area contributed by atoms with Crippen LogP contribution in [0.3, 0.4) is 0 Å². The van der Waals surface area contributed by atoms with Crippen LogP contribution in [0.1, 0.15) is 0 Å². The predicted molar refractivity (Wildman–Crippen MR) is 192 cm³/mol. The monoisotopic (exact) mass is 653 g/mol. The molecule has 5 N–H and O–H groups in total. The fraction of sp³-hybridized carbons (Fsp3) is 0. The number of hydrogen-bond donors (Lipinski definition) is 5. The molecule has 11 nitrogen and oxygen atoms in total. The molecule has 0 radical (unpaired) electrons. The van der Waals surface area contributed by atoms with Crippen LogP contribution in [0.2, 0.25) is 0 Å². The van der Waals surface area contributed by atoms with Gasteiger partial charge in [-0.3, -0.25) is 20.2 Å². The normalized spacial score (nSPS) is 11.3. The van der Waals surface area contributed by atoms with E-state index < -0.39 is 9.85 Å². The van der Waals surface area contributed by atoms with Gasteiger partial charge in [-0.05, 0) is 109 Å². The lowest BCUT2D eigenvalue weighted by molar-refractivity contribution is -0.385.